The van der Waals surface area contributed by atoms with Crippen molar-refractivity contribution in [2.45, 2.75) is 19.3 Å². The molecule has 68 valence electrons. The fraction of sp³-hybridized carbons (Fsp3) is 0.375. The van der Waals surface area contributed by atoms with E-state index in [0.717, 1.165) is 0 Å². The molecule has 2 rings (SSSR count). The van der Waals surface area contributed by atoms with Crippen molar-refractivity contribution >= 4 is 11.8 Å². The zero-order valence-electron chi connectivity index (χ0n) is 6.74. The van der Waals surface area contributed by atoms with Crippen LogP contribution in [0.2, 0.25) is 0 Å². The van der Waals surface area contributed by atoms with E-state index >= 15 is 0 Å². The van der Waals surface area contributed by atoms with E-state index < -0.39 is 5.97 Å². The highest BCUT2D eigenvalue weighted by Crippen LogP contribution is 2.23. The first-order valence-corrected chi connectivity index (χ1v) is 3.95. The van der Waals surface area contributed by atoms with E-state index in [1.165, 1.54) is 0 Å². The largest absolute Gasteiger partial charge is 0.476 e. The summed E-state index contributed by atoms with van der Waals surface area (Å²) in [6, 6.07) is 0. The lowest BCUT2D eigenvalue weighted by Gasteiger charge is -2.06. The molecule has 5 heteroatoms. The minimum absolute atomic E-state index is 0.166. The summed E-state index contributed by atoms with van der Waals surface area (Å²) in [5.74, 6) is -0.978. The molecule has 0 bridgehead atoms. The molecule has 0 spiro atoms. The van der Waals surface area contributed by atoms with Crippen molar-refractivity contribution in [1.82, 2.24) is 5.16 Å². The number of nitrogens with zero attached hydrogens (tertiary/aromatic N) is 1. The van der Waals surface area contributed by atoms with Crippen LogP contribution < -0.4 is 0 Å². The number of hydrogen-bond donors (Lipinski definition) is 1. The third-order valence-corrected chi connectivity index (χ3v) is 2.05. The highest BCUT2D eigenvalue weighted by molar-refractivity contribution is 6.05. The first-order valence-electron chi connectivity index (χ1n) is 3.95. The third-order valence-electron chi connectivity index (χ3n) is 2.05. The predicted molar refractivity (Wildman–Crippen MR) is 40.7 cm³/mol. The van der Waals surface area contributed by atoms with Gasteiger partial charge in [-0.1, -0.05) is 5.16 Å². The van der Waals surface area contributed by atoms with Crippen molar-refractivity contribution in [3.63, 3.8) is 0 Å². The summed E-state index contributed by atoms with van der Waals surface area (Å²) in [7, 11) is 0. The lowest BCUT2D eigenvalue weighted by atomic mass is 9.95. The van der Waals surface area contributed by atoms with Gasteiger partial charge >= 0.3 is 5.97 Å². The molecule has 0 saturated carbocycles. The zero-order valence-corrected chi connectivity index (χ0v) is 6.74. The Kier molecular flexibility index (Phi) is 1.65. The number of ketones is 1. The topological polar surface area (TPSA) is 80.4 Å². The Morgan fingerprint density at radius 1 is 1.46 bits per heavy atom. The van der Waals surface area contributed by atoms with E-state index in [9.17, 15) is 9.59 Å². The smallest absolute Gasteiger partial charge is 0.358 e. The molecular weight excluding hydrogens is 174 g/mol. The maximum atomic E-state index is 11.3. The SMILES string of the molecule is O=C(O)c1noc2c1C(=O)CCC2. The summed E-state index contributed by atoms with van der Waals surface area (Å²) in [6.07, 6.45) is 1.69. The average Bonchev–Trinajstić information content (AvgIpc) is 2.49. The molecule has 0 unspecified atom stereocenters. The van der Waals surface area contributed by atoms with Gasteiger partial charge < -0.3 is 9.63 Å². The summed E-state index contributed by atoms with van der Waals surface area (Å²) in [6.45, 7) is 0. The molecule has 0 saturated heterocycles. The van der Waals surface area contributed by atoms with Crippen LogP contribution >= 0.6 is 0 Å². The van der Waals surface area contributed by atoms with Crippen LogP contribution in [0.4, 0.5) is 0 Å². The maximum Gasteiger partial charge on any atom is 0.358 e. The van der Waals surface area contributed by atoms with Crippen molar-refractivity contribution in [3.05, 3.63) is 17.0 Å². The Balaban J connectivity index is 2.56. The fourth-order valence-corrected chi connectivity index (χ4v) is 1.46. The Morgan fingerprint density at radius 3 is 2.92 bits per heavy atom. The summed E-state index contributed by atoms with van der Waals surface area (Å²) < 4.78 is 4.77. The van der Waals surface area contributed by atoms with Crippen LogP contribution in [0.25, 0.3) is 0 Å². The van der Waals surface area contributed by atoms with E-state index in [1.807, 2.05) is 0 Å². The Bertz CT molecular complexity index is 379. The predicted octanol–water partition coefficient (Wildman–Crippen LogP) is 0.892. The van der Waals surface area contributed by atoms with Crippen molar-refractivity contribution in [2.75, 3.05) is 0 Å². The average molecular weight is 181 g/mol. The van der Waals surface area contributed by atoms with Gasteiger partial charge in [-0.15, -0.1) is 0 Å². The van der Waals surface area contributed by atoms with Gasteiger partial charge in [-0.3, -0.25) is 4.79 Å². The van der Waals surface area contributed by atoms with Crippen LogP contribution in [-0.4, -0.2) is 22.0 Å². The number of fused-ring (bicyclic) bond motifs is 1. The summed E-state index contributed by atoms with van der Waals surface area (Å²) in [5, 5.41) is 12.0. The van der Waals surface area contributed by atoms with E-state index in [4.69, 9.17) is 9.63 Å². The van der Waals surface area contributed by atoms with Crippen molar-refractivity contribution in [3.8, 4) is 0 Å². The molecule has 0 aliphatic heterocycles. The number of carbonyl (C=O) groups excluding carboxylic acids is 1. The number of carboxylic acids is 1. The standard InChI is InChI=1S/C8H7NO4/c10-4-2-1-3-5-6(4)7(8(11)12)9-13-5/h1-3H2,(H,11,12). The second-order valence-electron chi connectivity index (χ2n) is 2.91. The van der Waals surface area contributed by atoms with Gasteiger partial charge in [0.15, 0.2) is 5.78 Å². The first-order chi connectivity index (χ1) is 6.20. The van der Waals surface area contributed by atoms with Crippen LogP contribution in [0.1, 0.15) is 39.4 Å². The maximum absolute atomic E-state index is 11.3. The first kappa shape index (κ1) is 7.97. The quantitative estimate of drug-likeness (QED) is 0.695. The number of aromatic carboxylic acids is 1. The molecule has 1 heterocycles. The summed E-state index contributed by atoms with van der Waals surface area (Å²) >= 11 is 0. The van der Waals surface area contributed by atoms with Crippen LogP contribution in [0.5, 0.6) is 0 Å². The molecular formula is C8H7NO4. The molecule has 0 amide bonds. The van der Waals surface area contributed by atoms with Gasteiger partial charge in [0.05, 0.1) is 5.56 Å². The van der Waals surface area contributed by atoms with E-state index in [0.29, 0.717) is 25.0 Å². The summed E-state index contributed by atoms with van der Waals surface area (Å²) in [4.78, 5) is 21.9. The number of carboxylic acid groups (broad SMARTS) is 1. The molecule has 5 nitrogen and oxygen atoms in total. The molecule has 1 aromatic heterocycles. The number of hydrogen-bond acceptors (Lipinski definition) is 4. The molecule has 0 radical (unpaired) electrons. The van der Waals surface area contributed by atoms with Crippen LogP contribution in [0.3, 0.4) is 0 Å². The highest BCUT2D eigenvalue weighted by Gasteiger charge is 2.29. The molecule has 0 fully saturated rings. The summed E-state index contributed by atoms with van der Waals surface area (Å²) in [5.41, 5.74) is -0.0848. The van der Waals surface area contributed by atoms with Gasteiger partial charge in [0.25, 0.3) is 0 Å². The molecule has 1 N–H and O–H groups in total. The van der Waals surface area contributed by atoms with Gasteiger partial charge in [-0.25, -0.2) is 4.79 Å². The third kappa shape index (κ3) is 1.12. The number of aromatic nitrogens is 1. The van der Waals surface area contributed by atoms with E-state index in [1.54, 1.807) is 0 Å². The van der Waals surface area contributed by atoms with Crippen LogP contribution in [-0.2, 0) is 6.42 Å². The van der Waals surface area contributed by atoms with Gasteiger partial charge in [-0.05, 0) is 6.42 Å². The normalized spacial score (nSPS) is 15.5. The monoisotopic (exact) mass is 181 g/mol. The molecule has 1 aliphatic carbocycles. The minimum Gasteiger partial charge on any atom is -0.476 e. The van der Waals surface area contributed by atoms with E-state index in [-0.39, 0.29) is 17.0 Å². The zero-order chi connectivity index (χ0) is 9.42. The lowest BCUT2D eigenvalue weighted by Crippen LogP contribution is -2.13. The highest BCUT2D eigenvalue weighted by atomic mass is 16.5. The van der Waals surface area contributed by atoms with Crippen LogP contribution in [0.15, 0.2) is 4.52 Å². The van der Waals surface area contributed by atoms with Crippen LogP contribution in [0, 0.1) is 0 Å². The van der Waals surface area contributed by atoms with Gasteiger partial charge in [0.2, 0.25) is 5.69 Å². The van der Waals surface area contributed by atoms with Gasteiger partial charge in [0.1, 0.15) is 5.76 Å². The van der Waals surface area contributed by atoms with Crippen molar-refractivity contribution < 1.29 is 19.2 Å². The molecule has 0 atom stereocenters. The minimum atomic E-state index is -1.21. The Labute approximate surface area is 73.3 Å². The van der Waals surface area contributed by atoms with E-state index in [2.05, 4.69) is 5.16 Å². The second kappa shape index (κ2) is 2.69. The molecule has 13 heavy (non-hydrogen) atoms. The fourth-order valence-electron chi connectivity index (χ4n) is 1.46. The molecule has 1 aromatic rings. The number of rotatable bonds is 1. The Morgan fingerprint density at radius 2 is 2.23 bits per heavy atom. The van der Waals surface area contributed by atoms with Crippen molar-refractivity contribution in [2.24, 2.45) is 0 Å². The van der Waals surface area contributed by atoms with Crippen molar-refractivity contribution in [1.29, 1.82) is 0 Å². The number of carbonyl (C=O) groups is 2. The van der Waals surface area contributed by atoms with Gasteiger partial charge in [-0.2, -0.15) is 0 Å². The lowest BCUT2D eigenvalue weighted by molar-refractivity contribution is 0.0681. The van der Waals surface area contributed by atoms with Gasteiger partial charge in [0, 0.05) is 12.8 Å². The molecule has 0 aromatic carbocycles. The Hall–Kier alpha value is -1.65. The number of aryl methyl sites for hydroxylation is 1. The molecule has 1 aliphatic rings. The second-order valence-corrected chi connectivity index (χ2v) is 2.91. The number of Topliss-reactive ketones (excluding diaryl/α,β-unsaturated/α-hetero) is 1.